The van der Waals surface area contributed by atoms with Crippen molar-refractivity contribution in [1.29, 1.82) is 0 Å². The summed E-state index contributed by atoms with van der Waals surface area (Å²) < 4.78 is 14.1. The zero-order chi connectivity index (χ0) is 9.42. The quantitative estimate of drug-likeness (QED) is 0.776. The molecule has 0 aliphatic carbocycles. The van der Waals surface area contributed by atoms with Gasteiger partial charge in [-0.3, -0.25) is 0 Å². The number of rotatable bonds is 1. The Morgan fingerprint density at radius 3 is 2.85 bits per heavy atom. The first-order valence-electron chi connectivity index (χ1n) is 3.70. The molecule has 0 saturated carbocycles. The Morgan fingerprint density at radius 2 is 2.23 bits per heavy atom. The van der Waals surface area contributed by atoms with E-state index in [4.69, 9.17) is 16.7 Å². The molecule has 1 nitrogen and oxygen atoms in total. The van der Waals surface area contributed by atoms with Crippen molar-refractivity contribution in [2.24, 2.45) is 0 Å². The second-order valence-corrected chi connectivity index (χ2v) is 4.13. The molecule has 1 N–H and O–H groups in total. The molecule has 13 heavy (non-hydrogen) atoms. The maximum absolute atomic E-state index is 13.4. The predicted octanol–water partition coefficient (Wildman–Crippen LogP) is 3.19. The van der Waals surface area contributed by atoms with Gasteiger partial charge < -0.3 is 5.11 Å². The Morgan fingerprint density at radius 1 is 1.46 bits per heavy atom. The zero-order valence-electron chi connectivity index (χ0n) is 6.55. The van der Waals surface area contributed by atoms with Crippen molar-refractivity contribution in [1.82, 2.24) is 0 Å². The van der Waals surface area contributed by atoms with E-state index >= 15 is 0 Å². The topological polar surface area (TPSA) is 20.2 Å². The zero-order valence-corrected chi connectivity index (χ0v) is 8.12. The first-order chi connectivity index (χ1) is 6.24. The molecule has 1 heterocycles. The normalized spacial score (nSPS) is 11.0. The Kier molecular flexibility index (Phi) is 2.24. The van der Waals surface area contributed by atoms with Crippen molar-refractivity contribution in [3.05, 3.63) is 33.9 Å². The second-order valence-electron chi connectivity index (χ2n) is 2.61. The minimum atomic E-state index is -0.356. The molecule has 2 aromatic rings. The van der Waals surface area contributed by atoms with Gasteiger partial charge in [-0.1, -0.05) is 23.7 Å². The molecule has 0 fully saturated rings. The molecular weight excluding hydrogens is 211 g/mol. The van der Waals surface area contributed by atoms with Crippen LogP contribution in [0.15, 0.2) is 18.2 Å². The van der Waals surface area contributed by atoms with Crippen LogP contribution < -0.4 is 0 Å². The van der Waals surface area contributed by atoms with Crippen molar-refractivity contribution >= 4 is 33.0 Å². The molecule has 0 bridgehead atoms. The number of aliphatic hydroxyl groups excluding tert-OH is 1. The standard InChI is InChI=1S/C9H6ClFOS/c10-6-3-1-2-5-8(11)7(4-12)13-9(5)6/h1-3,12H,4H2. The fourth-order valence-corrected chi connectivity index (χ4v) is 2.44. The summed E-state index contributed by atoms with van der Waals surface area (Å²) in [5.74, 6) is -0.356. The van der Waals surface area contributed by atoms with Gasteiger partial charge in [-0.2, -0.15) is 0 Å². The van der Waals surface area contributed by atoms with Crippen molar-refractivity contribution < 1.29 is 9.50 Å². The Hall–Kier alpha value is -0.640. The van der Waals surface area contributed by atoms with Crippen molar-refractivity contribution in [3.8, 4) is 0 Å². The molecule has 2 rings (SSSR count). The molecule has 4 heteroatoms. The summed E-state index contributed by atoms with van der Waals surface area (Å²) in [6, 6.07) is 5.06. The van der Waals surface area contributed by atoms with Crippen molar-refractivity contribution in [3.63, 3.8) is 0 Å². The summed E-state index contributed by atoms with van der Waals surface area (Å²) in [7, 11) is 0. The molecule has 0 spiro atoms. The summed E-state index contributed by atoms with van der Waals surface area (Å²) >= 11 is 7.06. The minimum Gasteiger partial charge on any atom is -0.391 e. The highest BCUT2D eigenvalue weighted by atomic mass is 35.5. The summed E-state index contributed by atoms with van der Waals surface area (Å²) in [5, 5.41) is 9.85. The maximum atomic E-state index is 13.4. The Balaban J connectivity index is 2.83. The summed E-state index contributed by atoms with van der Waals surface area (Å²) in [6.45, 7) is -0.276. The van der Waals surface area contributed by atoms with Gasteiger partial charge in [0, 0.05) is 5.39 Å². The second kappa shape index (κ2) is 3.25. The average molecular weight is 217 g/mol. The molecule has 0 aliphatic heterocycles. The summed E-state index contributed by atoms with van der Waals surface area (Å²) in [4.78, 5) is 0.336. The van der Waals surface area contributed by atoms with E-state index in [1.54, 1.807) is 18.2 Å². The largest absolute Gasteiger partial charge is 0.391 e. The van der Waals surface area contributed by atoms with Gasteiger partial charge in [-0.05, 0) is 6.07 Å². The van der Waals surface area contributed by atoms with Crippen molar-refractivity contribution in [2.75, 3.05) is 0 Å². The number of fused-ring (bicyclic) bond motifs is 1. The molecule has 0 atom stereocenters. The number of halogens is 2. The number of aliphatic hydroxyl groups is 1. The van der Waals surface area contributed by atoms with Crippen LogP contribution in [0.5, 0.6) is 0 Å². The molecule has 0 unspecified atom stereocenters. The first kappa shape index (κ1) is 8.94. The third-order valence-electron chi connectivity index (χ3n) is 1.82. The van der Waals surface area contributed by atoms with Gasteiger partial charge in [0.2, 0.25) is 0 Å². The summed E-state index contributed by atoms with van der Waals surface area (Å²) in [6.07, 6.45) is 0. The van der Waals surface area contributed by atoms with E-state index in [2.05, 4.69) is 0 Å². The van der Waals surface area contributed by atoms with Crippen LogP contribution in [-0.2, 0) is 6.61 Å². The molecule has 1 aromatic heterocycles. The average Bonchev–Trinajstić information content (AvgIpc) is 2.45. The number of hydrogen-bond acceptors (Lipinski definition) is 2. The minimum absolute atomic E-state index is 0.276. The van der Waals surface area contributed by atoms with Crippen LogP contribution in [0.4, 0.5) is 4.39 Å². The van der Waals surface area contributed by atoms with Gasteiger partial charge in [0.25, 0.3) is 0 Å². The van der Waals surface area contributed by atoms with E-state index in [0.29, 0.717) is 20.0 Å². The van der Waals surface area contributed by atoms with E-state index in [0.717, 1.165) is 0 Å². The lowest BCUT2D eigenvalue weighted by Crippen LogP contribution is -1.79. The SMILES string of the molecule is OCc1sc2c(Cl)cccc2c1F. The molecule has 1 aromatic carbocycles. The smallest absolute Gasteiger partial charge is 0.147 e. The maximum Gasteiger partial charge on any atom is 0.147 e. The first-order valence-corrected chi connectivity index (χ1v) is 4.89. The predicted molar refractivity (Wildman–Crippen MR) is 52.7 cm³/mol. The van der Waals surface area contributed by atoms with Gasteiger partial charge in [0.15, 0.2) is 0 Å². The van der Waals surface area contributed by atoms with Gasteiger partial charge in [-0.15, -0.1) is 11.3 Å². The fraction of sp³-hybridized carbons (Fsp3) is 0.111. The van der Waals surface area contributed by atoms with Crippen LogP contribution in [0, 0.1) is 5.82 Å². The summed E-state index contributed by atoms with van der Waals surface area (Å²) in [5.41, 5.74) is 0. The van der Waals surface area contributed by atoms with Gasteiger partial charge in [0.1, 0.15) is 5.82 Å². The van der Waals surface area contributed by atoms with E-state index in [1.165, 1.54) is 11.3 Å². The van der Waals surface area contributed by atoms with E-state index in [1.807, 2.05) is 0 Å². The van der Waals surface area contributed by atoms with E-state index in [9.17, 15) is 4.39 Å². The van der Waals surface area contributed by atoms with Crippen LogP contribution in [0.2, 0.25) is 5.02 Å². The fourth-order valence-electron chi connectivity index (χ4n) is 1.21. The number of thiophene rings is 1. The Bertz CT molecular complexity index is 452. The lowest BCUT2D eigenvalue weighted by atomic mass is 10.2. The molecule has 0 aliphatic rings. The van der Waals surface area contributed by atoms with E-state index in [-0.39, 0.29) is 12.4 Å². The highest BCUT2D eigenvalue weighted by Crippen LogP contribution is 2.34. The molecular formula is C9H6ClFOS. The van der Waals surface area contributed by atoms with Crippen LogP contribution in [-0.4, -0.2) is 5.11 Å². The Labute approximate surface area is 83.4 Å². The molecule has 0 radical (unpaired) electrons. The van der Waals surface area contributed by atoms with E-state index < -0.39 is 0 Å². The third-order valence-corrected chi connectivity index (χ3v) is 3.44. The van der Waals surface area contributed by atoms with Gasteiger partial charge >= 0.3 is 0 Å². The lowest BCUT2D eigenvalue weighted by molar-refractivity contribution is 0.280. The van der Waals surface area contributed by atoms with Crippen LogP contribution >= 0.6 is 22.9 Å². The number of benzene rings is 1. The van der Waals surface area contributed by atoms with Crippen LogP contribution in [0.3, 0.4) is 0 Å². The molecule has 0 amide bonds. The van der Waals surface area contributed by atoms with Crippen molar-refractivity contribution in [2.45, 2.75) is 6.61 Å². The van der Waals surface area contributed by atoms with Crippen LogP contribution in [0.25, 0.3) is 10.1 Å². The molecule has 0 saturated heterocycles. The lowest BCUT2D eigenvalue weighted by Gasteiger charge is -1.90. The van der Waals surface area contributed by atoms with Crippen LogP contribution in [0.1, 0.15) is 4.88 Å². The van der Waals surface area contributed by atoms with Gasteiger partial charge in [-0.25, -0.2) is 4.39 Å². The monoisotopic (exact) mass is 216 g/mol. The van der Waals surface area contributed by atoms with Gasteiger partial charge in [0.05, 0.1) is 21.2 Å². The highest BCUT2D eigenvalue weighted by Gasteiger charge is 2.12. The third kappa shape index (κ3) is 1.33. The number of hydrogen-bond donors (Lipinski definition) is 1. The highest BCUT2D eigenvalue weighted by molar-refractivity contribution is 7.19. The molecule has 68 valence electrons.